The first-order valence-electron chi connectivity index (χ1n) is 7.58. The van der Waals surface area contributed by atoms with Crippen LogP contribution in [0.4, 0.5) is 0 Å². The molecule has 1 N–H and O–H groups in total. The third-order valence-electron chi connectivity index (χ3n) is 4.83. The lowest BCUT2D eigenvalue weighted by atomic mass is 9.77. The van der Waals surface area contributed by atoms with E-state index in [1.54, 1.807) is 0 Å². The van der Waals surface area contributed by atoms with Crippen molar-refractivity contribution < 1.29 is 0 Å². The Labute approximate surface area is 107 Å². The van der Waals surface area contributed by atoms with Gasteiger partial charge in [0.25, 0.3) is 0 Å². The molecule has 1 saturated heterocycles. The van der Waals surface area contributed by atoms with Crippen LogP contribution in [-0.2, 0) is 0 Å². The van der Waals surface area contributed by atoms with Gasteiger partial charge in [0.15, 0.2) is 0 Å². The second-order valence-electron chi connectivity index (χ2n) is 6.62. The highest BCUT2D eigenvalue weighted by atomic mass is 15.1. The fourth-order valence-electron chi connectivity index (χ4n) is 3.72. The minimum Gasteiger partial charge on any atom is -0.313 e. The summed E-state index contributed by atoms with van der Waals surface area (Å²) >= 11 is 0. The molecule has 1 aliphatic carbocycles. The fraction of sp³-hybridized carbons (Fsp3) is 1.00. The molecule has 0 aromatic carbocycles. The number of rotatable bonds is 4. The lowest BCUT2D eigenvalue weighted by Gasteiger charge is -2.35. The van der Waals surface area contributed by atoms with Gasteiger partial charge in [0.05, 0.1) is 0 Å². The summed E-state index contributed by atoms with van der Waals surface area (Å²) in [6.07, 6.45) is 7.13. The summed E-state index contributed by atoms with van der Waals surface area (Å²) in [4.78, 5) is 2.47. The Morgan fingerprint density at radius 3 is 2.59 bits per heavy atom. The highest BCUT2D eigenvalue weighted by Crippen LogP contribution is 2.30. The summed E-state index contributed by atoms with van der Waals surface area (Å²) in [5, 5.41) is 3.89. The van der Waals surface area contributed by atoms with Crippen LogP contribution >= 0.6 is 0 Å². The number of hydrogen-bond donors (Lipinski definition) is 1. The van der Waals surface area contributed by atoms with Gasteiger partial charge < -0.3 is 10.2 Å². The van der Waals surface area contributed by atoms with Gasteiger partial charge in [-0.15, -0.1) is 0 Å². The molecule has 1 heterocycles. The van der Waals surface area contributed by atoms with Crippen LogP contribution in [0.2, 0.25) is 0 Å². The summed E-state index contributed by atoms with van der Waals surface area (Å²) in [7, 11) is 2.25. The van der Waals surface area contributed by atoms with E-state index in [1.807, 2.05) is 0 Å². The molecule has 0 amide bonds. The average Bonchev–Trinajstić information content (AvgIpc) is 2.73. The van der Waals surface area contributed by atoms with E-state index in [2.05, 4.69) is 31.1 Å². The van der Waals surface area contributed by atoms with Crippen molar-refractivity contribution in [2.75, 3.05) is 26.7 Å². The Morgan fingerprint density at radius 1 is 1.18 bits per heavy atom. The molecule has 0 aromatic rings. The number of likely N-dealkylation sites (tertiary alicyclic amines) is 1. The molecule has 100 valence electrons. The van der Waals surface area contributed by atoms with Crippen LogP contribution < -0.4 is 5.32 Å². The van der Waals surface area contributed by atoms with Gasteiger partial charge in [-0.25, -0.2) is 0 Å². The molecule has 17 heavy (non-hydrogen) atoms. The predicted molar refractivity (Wildman–Crippen MR) is 74.2 cm³/mol. The quantitative estimate of drug-likeness (QED) is 0.810. The van der Waals surface area contributed by atoms with Gasteiger partial charge >= 0.3 is 0 Å². The maximum atomic E-state index is 3.89. The van der Waals surface area contributed by atoms with Crippen LogP contribution in [0, 0.1) is 17.8 Å². The molecule has 3 unspecified atom stereocenters. The van der Waals surface area contributed by atoms with Crippen molar-refractivity contribution in [1.82, 2.24) is 10.2 Å². The zero-order chi connectivity index (χ0) is 12.3. The highest BCUT2D eigenvalue weighted by Gasteiger charge is 2.28. The summed E-state index contributed by atoms with van der Waals surface area (Å²) in [5.41, 5.74) is 0. The second-order valence-corrected chi connectivity index (χ2v) is 6.62. The van der Waals surface area contributed by atoms with Crippen molar-refractivity contribution >= 4 is 0 Å². The van der Waals surface area contributed by atoms with Crippen molar-refractivity contribution in [3.05, 3.63) is 0 Å². The molecular weight excluding hydrogens is 208 g/mol. The molecule has 2 fully saturated rings. The molecule has 0 bridgehead atoms. The Kier molecular flexibility index (Phi) is 4.87. The van der Waals surface area contributed by atoms with Crippen molar-refractivity contribution in [3.63, 3.8) is 0 Å². The second kappa shape index (κ2) is 6.19. The largest absolute Gasteiger partial charge is 0.313 e. The minimum atomic E-state index is 0.801. The molecule has 0 radical (unpaired) electrons. The lowest BCUT2D eigenvalue weighted by Crippen LogP contribution is -2.43. The highest BCUT2D eigenvalue weighted by molar-refractivity contribution is 4.84. The lowest BCUT2D eigenvalue weighted by molar-refractivity contribution is 0.199. The van der Waals surface area contributed by atoms with Crippen LogP contribution in [0.3, 0.4) is 0 Å². The van der Waals surface area contributed by atoms with Gasteiger partial charge in [0.2, 0.25) is 0 Å². The van der Waals surface area contributed by atoms with E-state index in [9.17, 15) is 0 Å². The van der Waals surface area contributed by atoms with E-state index in [-0.39, 0.29) is 0 Å². The van der Waals surface area contributed by atoms with Crippen molar-refractivity contribution in [2.45, 2.75) is 52.0 Å². The predicted octanol–water partition coefficient (Wildman–Crippen LogP) is 2.74. The first-order valence-corrected chi connectivity index (χ1v) is 7.58. The zero-order valence-electron chi connectivity index (χ0n) is 11.9. The average molecular weight is 238 g/mol. The smallest absolute Gasteiger partial charge is 0.00978 e. The van der Waals surface area contributed by atoms with E-state index in [0.717, 1.165) is 23.8 Å². The van der Waals surface area contributed by atoms with Crippen LogP contribution in [0.1, 0.15) is 46.0 Å². The molecule has 2 nitrogen and oxygen atoms in total. The van der Waals surface area contributed by atoms with Gasteiger partial charge in [-0.05, 0) is 57.2 Å². The van der Waals surface area contributed by atoms with Gasteiger partial charge in [-0.1, -0.05) is 26.7 Å². The summed E-state index contributed by atoms with van der Waals surface area (Å²) < 4.78 is 0. The maximum Gasteiger partial charge on any atom is 0.00978 e. The van der Waals surface area contributed by atoms with Crippen LogP contribution in [-0.4, -0.2) is 37.6 Å². The SMILES string of the molecule is CC(C)C1CCCCC1NCC1CCN(C)C1. The Bertz CT molecular complexity index is 227. The van der Waals surface area contributed by atoms with E-state index < -0.39 is 0 Å². The van der Waals surface area contributed by atoms with Crippen LogP contribution in [0.15, 0.2) is 0 Å². The first kappa shape index (κ1) is 13.4. The molecule has 0 aromatic heterocycles. The number of nitrogens with zero attached hydrogens (tertiary/aromatic N) is 1. The number of nitrogens with one attached hydrogen (secondary N) is 1. The van der Waals surface area contributed by atoms with E-state index >= 15 is 0 Å². The molecular formula is C15H30N2. The first-order chi connectivity index (χ1) is 8.16. The molecule has 2 rings (SSSR count). The third-order valence-corrected chi connectivity index (χ3v) is 4.83. The fourth-order valence-corrected chi connectivity index (χ4v) is 3.72. The summed E-state index contributed by atoms with van der Waals surface area (Å²) in [6.45, 7) is 8.64. The third kappa shape index (κ3) is 3.69. The van der Waals surface area contributed by atoms with Crippen LogP contribution in [0.5, 0.6) is 0 Å². The normalized spacial score (nSPS) is 35.6. The van der Waals surface area contributed by atoms with Gasteiger partial charge in [-0.2, -0.15) is 0 Å². The molecule has 2 heteroatoms. The van der Waals surface area contributed by atoms with E-state index in [4.69, 9.17) is 0 Å². The van der Waals surface area contributed by atoms with E-state index in [0.29, 0.717) is 0 Å². The Hall–Kier alpha value is -0.0800. The molecule has 2 aliphatic rings. The standard InChI is InChI=1S/C15H30N2/c1-12(2)14-6-4-5-7-15(14)16-10-13-8-9-17(3)11-13/h12-16H,4-11H2,1-3H3. The van der Waals surface area contributed by atoms with Gasteiger partial charge in [-0.3, -0.25) is 0 Å². The minimum absolute atomic E-state index is 0.801. The molecule has 1 saturated carbocycles. The van der Waals surface area contributed by atoms with Crippen molar-refractivity contribution in [1.29, 1.82) is 0 Å². The zero-order valence-corrected chi connectivity index (χ0v) is 11.9. The molecule has 3 atom stereocenters. The van der Waals surface area contributed by atoms with Gasteiger partial charge in [0.1, 0.15) is 0 Å². The summed E-state index contributed by atoms with van der Waals surface area (Å²) in [5.74, 6) is 2.66. The van der Waals surface area contributed by atoms with Crippen LogP contribution in [0.25, 0.3) is 0 Å². The Balaban J connectivity index is 1.76. The van der Waals surface area contributed by atoms with Gasteiger partial charge in [0, 0.05) is 12.6 Å². The Morgan fingerprint density at radius 2 is 1.94 bits per heavy atom. The van der Waals surface area contributed by atoms with Crippen molar-refractivity contribution in [2.24, 2.45) is 17.8 Å². The monoisotopic (exact) mass is 238 g/mol. The molecule has 1 aliphatic heterocycles. The number of hydrogen-bond acceptors (Lipinski definition) is 2. The maximum absolute atomic E-state index is 3.89. The summed E-state index contributed by atoms with van der Waals surface area (Å²) in [6, 6.07) is 0.801. The van der Waals surface area contributed by atoms with Crippen molar-refractivity contribution in [3.8, 4) is 0 Å². The topological polar surface area (TPSA) is 15.3 Å². The molecule has 0 spiro atoms. The van der Waals surface area contributed by atoms with E-state index in [1.165, 1.54) is 51.7 Å².